The monoisotopic (exact) mass is 298 g/mol. The van der Waals surface area contributed by atoms with Crippen LogP contribution in [0.2, 0.25) is 0 Å². The molecule has 0 saturated heterocycles. The average Bonchev–Trinajstić information content (AvgIpc) is 3.00. The molecule has 0 unspecified atom stereocenters. The first-order valence-corrected chi connectivity index (χ1v) is 8.03. The lowest BCUT2D eigenvalue weighted by Crippen LogP contribution is -2.20. The Morgan fingerprint density at radius 2 is 2.05 bits per heavy atom. The van der Waals surface area contributed by atoms with Gasteiger partial charge in [-0.25, -0.2) is 0 Å². The van der Waals surface area contributed by atoms with E-state index in [2.05, 4.69) is 34.7 Å². The van der Waals surface area contributed by atoms with Crippen molar-refractivity contribution in [3.8, 4) is 0 Å². The number of H-pyrrole nitrogens is 1. The minimum absolute atomic E-state index is 0.00193. The maximum atomic E-state index is 12.2. The molecular weight excluding hydrogens is 280 g/mol. The molecule has 0 bridgehead atoms. The zero-order valence-corrected chi connectivity index (χ0v) is 12.8. The van der Waals surface area contributed by atoms with Gasteiger partial charge in [0.1, 0.15) is 0 Å². The standard InChI is InChI=1S/C17H18N2OS/c1-2-12-5-3-6-13-9-14(17(20)19-16(12)13)10-18-11-15-7-4-8-21-15/h3-9,18H,2,10-11H2,1H3,(H,19,20). The second-order valence-electron chi connectivity index (χ2n) is 5.04. The Balaban J connectivity index is 1.82. The van der Waals surface area contributed by atoms with Gasteiger partial charge in [-0.05, 0) is 34.9 Å². The summed E-state index contributed by atoms with van der Waals surface area (Å²) >= 11 is 1.72. The van der Waals surface area contributed by atoms with Gasteiger partial charge in [-0.2, -0.15) is 0 Å². The van der Waals surface area contributed by atoms with Gasteiger partial charge in [-0.15, -0.1) is 11.3 Å². The van der Waals surface area contributed by atoms with Gasteiger partial charge in [0.2, 0.25) is 0 Å². The molecule has 3 nitrogen and oxygen atoms in total. The highest BCUT2D eigenvalue weighted by atomic mass is 32.1. The number of nitrogens with one attached hydrogen (secondary N) is 2. The van der Waals surface area contributed by atoms with Crippen LogP contribution in [-0.2, 0) is 19.5 Å². The molecule has 0 spiro atoms. The fraction of sp³-hybridized carbons (Fsp3) is 0.235. The first-order chi connectivity index (χ1) is 10.3. The van der Waals surface area contributed by atoms with E-state index >= 15 is 0 Å². The van der Waals surface area contributed by atoms with Crippen LogP contribution in [0.5, 0.6) is 0 Å². The van der Waals surface area contributed by atoms with Gasteiger partial charge in [0.05, 0.1) is 5.52 Å². The van der Waals surface area contributed by atoms with E-state index in [1.165, 1.54) is 10.4 Å². The Morgan fingerprint density at radius 3 is 2.81 bits per heavy atom. The van der Waals surface area contributed by atoms with Crippen LogP contribution >= 0.6 is 11.3 Å². The predicted molar refractivity (Wildman–Crippen MR) is 88.8 cm³/mol. The van der Waals surface area contributed by atoms with Crippen LogP contribution in [0.1, 0.15) is 22.9 Å². The van der Waals surface area contributed by atoms with Crippen molar-refractivity contribution >= 4 is 22.2 Å². The minimum Gasteiger partial charge on any atom is -0.321 e. The molecule has 0 fully saturated rings. The van der Waals surface area contributed by atoms with E-state index in [1.807, 2.05) is 24.3 Å². The molecule has 0 atom stereocenters. The third kappa shape index (κ3) is 3.06. The topological polar surface area (TPSA) is 44.9 Å². The van der Waals surface area contributed by atoms with Crippen LogP contribution in [-0.4, -0.2) is 4.98 Å². The van der Waals surface area contributed by atoms with Gasteiger partial charge in [-0.3, -0.25) is 4.79 Å². The molecule has 21 heavy (non-hydrogen) atoms. The summed E-state index contributed by atoms with van der Waals surface area (Å²) in [5, 5.41) is 6.49. The van der Waals surface area contributed by atoms with Gasteiger partial charge in [0.15, 0.2) is 0 Å². The molecule has 0 radical (unpaired) electrons. The normalized spacial score (nSPS) is 11.1. The molecule has 2 N–H and O–H groups in total. The highest BCUT2D eigenvalue weighted by Gasteiger charge is 2.05. The molecule has 0 aliphatic rings. The highest BCUT2D eigenvalue weighted by Crippen LogP contribution is 2.16. The maximum absolute atomic E-state index is 12.2. The Hall–Kier alpha value is -1.91. The number of rotatable bonds is 5. The Bertz CT molecular complexity index is 790. The smallest absolute Gasteiger partial charge is 0.252 e. The number of pyridine rings is 1. The molecule has 108 valence electrons. The summed E-state index contributed by atoms with van der Waals surface area (Å²) in [6, 6.07) is 12.3. The van der Waals surface area contributed by atoms with E-state index in [0.29, 0.717) is 6.54 Å². The van der Waals surface area contributed by atoms with E-state index in [-0.39, 0.29) is 5.56 Å². The van der Waals surface area contributed by atoms with Gasteiger partial charge in [-0.1, -0.05) is 31.2 Å². The Morgan fingerprint density at radius 1 is 1.14 bits per heavy atom. The van der Waals surface area contributed by atoms with Crippen LogP contribution in [0.15, 0.2) is 46.6 Å². The maximum Gasteiger partial charge on any atom is 0.252 e. The summed E-state index contributed by atoms with van der Waals surface area (Å²) in [6.45, 7) is 3.48. The SMILES string of the molecule is CCc1cccc2cc(CNCc3cccs3)c(=O)[nH]c12. The van der Waals surface area contributed by atoms with Crippen molar-refractivity contribution in [1.82, 2.24) is 10.3 Å². The van der Waals surface area contributed by atoms with E-state index in [1.54, 1.807) is 11.3 Å². The molecule has 2 aromatic heterocycles. The lowest BCUT2D eigenvalue weighted by Gasteiger charge is -2.07. The van der Waals surface area contributed by atoms with E-state index in [0.717, 1.165) is 29.4 Å². The van der Waals surface area contributed by atoms with Crippen LogP contribution in [0.3, 0.4) is 0 Å². The molecule has 0 aliphatic heterocycles. The quantitative estimate of drug-likeness (QED) is 0.758. The number of aromatic amines is 1. The fourth-order valence-electron chi connectivity index (χ4n) is 2.50. The van der Waals surface area contributed by atoms with Crippen LogP contribution < -0.4 is 10.9 Å². The van der Waals surface area contributed by atoms with Crippen molar-refractivity contribution in [3.05, 3.63) is 68.1 Å². The summed E-state index contributed by atoms with van der Waals surface area (Å²) in [6.07, 6.45) is 0.920. The lowest BCUT2D eigenvalue weighted by atomic mass is 10.1. The molecule has 3 rings (SSSR count). The van der Waals surface area contributed by atoms with Crippen LogP contribution in [0, 0.1) is 0 Å². The third-order valence-electron chi connectivity index (χ3n) is 3.62. The summed E-state index contributed by atoms with van der Waals surface area (Å²) < 4.78 is 0. The van der Waals surface area contributed by atoms with Gasteiger partial charge >= 0.3 is 0 Å². The zero-order valence-electron chi connectivity index (χ0n) is 12.0. The summed E-state index contributed by atoms with van der Waals surface area (Å²) in [7, 11) is 0. The third-order valence-corrected chi connectivity index (χ3v) is 4.49. The van der Waals surface area contributed by atoms with Crippen molar-refractivity contribution in [2.75, 3.05) is 0 Å². The second-order valence-corrected chi connectivity index (χ2v) is 6.07. The fourth-order valence-corrected chi connectivity index (χ4v) is 3.17. The van der Waals surface area contributed by atoms with Gasteiger partial charge in [0.25, 0.3) is 5.56 Å². The largest absolute Gasteiger partial charge is 0.321 e. The number of fused-ring (bicyclic) bond motifs is 1. The number of hydrogen-bond acceptors (Lipinski definition) is 3. The molecule has 0 saturated carbocycles. The molecule has 4 heteroatoms. The van der Waals surface area contributed by atoms with E-state index in [9.17, 15) is 4.79 Å². The molecule has 0 amide bonds. The Kier molecular flexibility index (Phi) is 4.18. The molecule has 1 aromatic carbocycles. The average molecular weight is 298 g/mol. The molecule has 0 aliphatic carbocycles. The number of benzene rings is 1. The van der Waals surface area contributed by atoms with Crippen molar-refractivity contribution in [2.45, 2.75) is 26.4 Å². The van der Waals surface area contributed by atoms with Crippen molar-refractivity contribution in [3.63, 3.8) is 0 Å². The van der Waals surface area contributed by atoms with E-state index < -0.39 is 0 Å². The summed E-state index contributed by atoms with van der Waals surface area (Å²) in [5.41, 5.74) is 2.93. The minimum atomic E-state index is 0.00193. The van der Waals surface area contributed by atoms with Crippen molar-refractivity contribution in [1.29, 1.82) is 0 Å². The summed E-state index contributed by atoms with van der Waals surface area (Å²) in [4.78, 5) is 16.5. The number of para-hydroxylation sites is 1. The lowest BCUT2D eigenvalue weighted by molar-refractivity contribution is 0.696. The first-order valence-electron chi connectivity index (χ1n) is 7.15. The molecule has 3 aromatic rings. The number of thiophene rings is 1. The predicted octanol–water partition coefficient (Wildman–Crippen LogP) is 3.44. The molecular formula is C17H18N2OS. The number of aryl methyl sites for hydroxylation is 1. The highest BCUT2D eigenvalue weighted by molar-refractivity contribution is 7.09. The van der Waals surface area contributed by atoms with Gasteiger partial charge in [0, 0.05) is 23.5 Å². The van der Waals surface area contributed by atoms with Crippen LogP contribution in [0.25, 0.3) is 10.9 Å². The van der Waals surface area contributed by atoms with Crippen LogP contribution in [0.4, 0.5) is 0 Å². The summed E-state index contributed by atoms with van der Waals surface area (Å²) in [5.74, 6) is 0. The zero-order chi connectivity index (χ0) is 14.7. The molecule has 2 heterocycles. The first kappa shape index (κ1) is 14.0. The van der Waals surface area contributed by atoms with Crippen molar-refractivity contribution < 1.29 is 0 Å². The number of hydrogen-bond donors (Lipinski definition) is 2. The van der Waals surface area contributed by atoms with Crippen molar-refractivity contribution in [2.24, 2.45) is 0 Å². The second kappa shape index (κ2) is 6.24. The number of aromatic nitrogens is 1. The van der Waals surface area contributed by atoms with E-state index in [4.69, 9.17) is 0 Å². The van der Waals surface area contributed by atoms with Gasteiger partial charge < -0.3 is 10.3 Å². The Labute approximate surface area is 127 Å².